The Morgan fingerprint density at radius 3 is 2.15 bits per heavy atom. The minimum absolute atomic E-state index is 0.0218. The van der Waals surface area contributed by atoms with Crippen molar-refractivity contribution >= 4 is 50.0 Å². The van der Waals surface area contributed by atoms with Crippen LogP contribution in [0, 0.1) is 5.92 Å². The quantitative estimate of drug-likeness (QED) is 0.133. The molecule has 0 aliphatic carbocycles. The van der Waals surface area contributed by atoms with Gasteiger partial charge in [0.05, 0.1) is 36.8 Å². The zero-order chi connectivity index (χ0) is 29.4. The first-order valence-electron chi connectivity index (χ1n) is 12.7. The molecule has 41 heavy (non-hydrogen) atoms. The number of anilines is 4. The molecule has 4 aromatic rings. The normalized spacial score (nSPS) is 11.3. The van der Waals surface area contributed by atoms with Crippen molar-refractivity contribution in [2.75, 3.05) is 42.7 Å². The number of nitrogens with zero attached hydrogens (tertiary/aromatic N) is 2. The van der Waals surface area contributed by atoms with Crippen molar-refractivity contribution in [2.45, 2.75) is 18.7 Å². The van der Waals surface area contributed by atoms with E-state index < -0.39 is 15.9 Å². The highest BCUT2D eigenvalue weighted by molar-refractivity contribution is 7.92. The Hall–Kier alpha value is -4.46. The first kappa shape index (κ1) is 29.5. The van der Waals surface area contributed by atoms with E-state index in [1.165, 1.54) is 32.4 Å². The number of hydroxylamine groups is 1. The molecule has 4 rings (SSSR count). The van der Waals surface area contributed by atoms with E-state index in [4.69, 9.17) is 14.3 Å². The van der Waals surface area contributed by atoms with Crippen LogP contribution in [0.15, 0.2) is 71.6 Å². The minimum Gasteiger partial charge on any atom is -0.497 e. The van der Waals surface area contributed by atoms with Crippen LogP contribution in [0.3, 0.4) is 0 Å². The summed E-state index contributed by atoms with van der Waals surface area (Å²) in [5.41, 5.74) is 4.48. The SMILES string of the molecule is COc1cc(Nc2nc3ccccc3nc2NS(=O)(=O)c2cccc(NC(=O)CNOCC(C)C)c2)cc(OC)c1. The summed E-state index contributed by atoms with van der Waals surface area (Å²) in [6.45, 7) is 4.33. The molecule has 0 saturated carbocycles. The lowest BCUT2D eigenvalue weighted by Crippen LogP contribution is -2.29. The highest BCUT2D eigenvalue weighted by Crippen LogP contribution is 2.31. The number of rotatable bonds is 13. The molecule has 0 spiro atoms. The largest absolute Gasteiger partial charge is 0.497 e. The summed E-state index contributed by atoms with van der Waals surface area (Å²) >= 11 is 0. The number of fused-ring (bicyclic) bond motifs is 1. The molecule has 0 aliphatic heterocycles. The zero-order valence-corrected chi connectivity index (χ0v) is 23.9. The molecule has 1 aromatic heterocycles. The number of para-hydroxylation sites is 2. The first-order valence-corrected chi connectivity index (χ1v) is 14.2. The predicted octanol–water partition coefficient (Wildman–Crippen LogP) is 4.31. The van der Waals surface area contributed by atoms with E-state index in [0.29, 0.717) is 46.4 Å². The molecule has 0 atom stereocenters. The summed E-state index contributed by atoms with van der Waals surface area (Å²) in [4.78, 5) is 26.5. The van der Waals surface area contributed by atoms with Crippen molar-refractivity contribution in [3.05, 3.63) is 66.7 Å². The molecule has 0 fully saturated rings. The number of nitrogens with one attached hydrogen (secondary N) is 4. The second kappa shape index (κ2) is 13.3. The summed E-state index contributed by atoms with van der Waals surface area (Å²) in [6, 6.07) is 18.1. The summed E-state index contributed by atoms with van der Waals surface area (Å²) in [5.74, 6) is 1.12. The second-order valence-corrected chi connectivity index (χ2v) is 11.0. The summed E-state index contributed by atoms with van der Waals surface area (Å²) < 4.78 is 40.1. The van der Waals surface area contributed by atoms with Crippen LogP contribution in [0.4, 0.5) is 23.0 Å². The molecule has 12 nitrogen and oxygen atoms in total. The molecule has 1 heterocycles. The lowest BCUT2D eigenvalue weighted by molar-refractivity contribution is -0.118. The molecule has 216 valence electrons. The molecule has 0 unspecified atom stereocenters. The van der Waals surface area contributed by atoms with Crippen LogP contribution in [0.25, 0.3) is 11.0 Å². The van der Waals surface area contributed by atoms with Gasteiger partial charge in [-0.05, 0) is 36.2 Å². The fraction of sp³-hybridized carbons (Fsp3) is 0.250. The Morgan fingerprint density at radius 1 is 0.854 bits per heavy atom. The first-order chi connectivity index (χ1) is 19.7. The Labute approximate surface area is 238 Å². The van der Waals surface area contributed by atoms with E-state index in [0.717, 1.165) is 0 Å². The van der Waals surface area contributed by atoms with E-state index >= 15 is 0 Å². The van der Waals surface area contributed by atoms with Gasteiger partial charge in [-0.3, -0.25) is 9.52 Å². The predicted molar refractivity (Wildman–Crippen MR) is 157 cm³/mol. The molecule has 4 N–H and O–H groups in total. The summed E-state index contributed by atoms with van der Waals surface area (Å²) in [6.07, 6.45) is 0. The van der Waals surface area contributed by atoms with Gasteiger partial charge in [-0.25, -0.2) is 18.4 Å². The van der Waals surface area contributed by atoms with Gasteiger partial charge < -0.3 is 24.9 Å². The number of aromatic nitrogens is 2. The highest BCUT2D eigenvalue weighted by atomic mass is 32.2. The van der Waals surface area contributed by atoms with Gasteiger partial charge in [0.25, 0.3) is 10.0 Å². The highest BCUT2D eigenvalue weighted by Gasteiger charge is 2.20. The standard InChI is InChI=1S/C28H32N6O6S/c1-18(2)17-40-29-16-26(35)30-19-8-7-9-23(14-19)41(36,37)34-28-27(32-24-10-5-6-11-25(24)33-28)31-20-12-21(38-3)15-22(13-20)39-4/h5-15,18,29H,16-17H2,1-4H3,(H,30,35)(H,31,32)(H,33,34). The van der Waals surface area contributed by atoms with Crippen molar-refractivity contribution in [3.63, 3.8) is 0 Å². The molecule has 0 aliphatic rings. The van der Waals surface area contributed by atoms with Gasteiger partial charge in [0.1, 0.15) is 18.0 Å². The third-order valence-electron chi connectivity index (χ3n) is 5.60. The summed E-state index contributed by atoms with van der Waals surface area (Å²) in [5, 5.41) is 5.78. The van der Waals surface area contributed by atoms with Gasteiger partial charge in [-0.15, -0.1) is 0 Å². The van der Waals surface area contributed by atoms with E-state index in [1.807, 2.05) is 19.9 Å². The minimum atomic E-state index is -4.14. The van der Waals surface area contributed by atoms with Gasteiger partial charge in [-0.1, -0.05) is 32.0 Å². The maximum Gasteiger partial charge on any atom is 0.263 e. The van der Waals surface area contributed by atoms with Crippen LogP contribution in [0.2, 0.25) is 0 Å². The smallest absolute Gasteiger partial charge is 0.263 e. The molecule has 1 amide bonds. The van der Waals surface area contributed by atoms with Crippen LogP contribution in [-0.4, -0.2) is 51.7 Å². The molecule has 13 heteroatoms. The molecule has 3 aromatic carbocycles. The average Bonchev–Trinajstić information content (AvgIpc) is 2.95. The average molecular weight is 581 g/mol. The number of carbonyl (C=O) groups excluding carboxylic acids is 1. The van der Waals surface area contributed by atoms with Crippen molar-refractivity contribution in [2.24, 2.45) is 5.92 Å². The molecule has 0 saturated heterocycles. The number of sulfonamides is 1. The molecule has 0 bridgehead atoms. The third kappa shape index (κ3) is 8.03. The van der Waals surface area contributed by atoms with Crippen LogP contribution in [0.1, 0.15) is 13.8 Å². The van der Waals surface area contributed by atoms with Crippen molar-refractivity contribution in [3.8, 4) is 11.5 Å². The van der Waals surface area contributed by atoms with Crippen LogP contribution >= 0.6 is 0 Å². The number of benzene rings is 3. The molecule has 0 radical (unpaired) electrons. The zero-order valence-electron chi connectivity index (χ0n) is 23.1. The monoisotopic (exact) mass is 580 g/mol. The maximum atomic E-state index is 13.5. The van der Waals surface area contributed by atoms with Crippen LogP contribution in [-0.2, 0) is 19.7 Å². The van der Waals surface area contributed by atoms with Gasteiger partial charge in [-0.2, -0.15) is 5.48 Å². The van der Waals surface area contributed by atoms with Gasteiger partial charge >= 0.3 is 0 Å². The lowest BCUT2D eigenvalue weighted by Gasteiger charge is -2.15. The van der Waals surface area contributed by atoms with E-state index in [9.17, 15) is 13.2 Å². The Bertz CT molecular complexity index is 1610. The van der Waals surface area contributed by atoms with Gasteiger partial charge in [0.15, 0.2) is 11.6 Å². The topological polar surface area (TPSA) is 153 Å². The van der Waals surface area contributed by atoms with E-state index in [-0.39, 0.29) is 23.1 Å². The molecular formula is C28H32N6O6S. The van der Waals surface area contributed by atoms with Crippen molar-refractivity contribution in [1.29, 1.82) is 0 Å². The van der Waals surface area contributed by atoms with E-state index in [1.54, 1.807) is 42.5 Å². The van der Waals surface area contributed by atoms with Crippen molar-refractivity contribution in [1.82, 2.24) is 15.4 Å². The van der Waals surface area contributed by atoms with E-state index in [2.05, 4.69) is 30.8 Å². The number of amides is 1. The van der Waals surface area contributed by atoms with Gasteiger partial charge in [0, 0.05) is 29.6 Å². The number of hydrogen-bond acceptors (Lipinski definition) is 10. The third-order valence-corrected chi connectivity index (χ3v) is 6.93. The van der Waals surface area contributed by atoms with Crippen LogP contribution in [0.5, 0.6) is 11.5 Å². The summed E-state index contributed by atoms with van der Waals surface area (Å²) in [7, 11) is -1.09. The number of carbonyl (C=O) groups is 1. The molecular weight excluding hydrogens is 548 g/mol. The lowest BCUT2D eigenvalue weighted by atomic mass is 10.2. The van der Waals surface area contributed by atoms with Crippen molar-refractivity contribution < 1.29 is 27.5 Å². The maximum absolute atomic E-state index is 13.5. The number of methoxy groups -OCH3 is 2. The van der Waals surface area contributed by atoms with Crippen LogP contribution < -0.4 is 30.3 Å². The number of hydrogen-bond donors (Lipinski definition) is 4. The Morgan fingerprint density at radius 2 is 1.51 bits per heavy atom. The van der Waals surface area contributed by atoms with Gasteiger partial charge in [0.2, 0.25) is 5.91 Å². The Balaban J connectivity index is 1.59. The fourth-order valence-electron chi connectivity index (χ4n) is 3.65. The number of ether oxygens (including phenoxy) is 2. The second-order valence-electron chi connectivity index (χ2n) is 9.34. The Kier molecular flexibility index (Phi) is 9.55. The fourth-order valence-corrected chi connectivity index (χ4v) is 4.70.